The van der Waals surface area contributed by atoms with Crippen molar-refractivity contribution in [3.05, 3.63) is 34.9 Å². The van der Waals surface area contributed by atoms with E-state index in [9.17, 15) is 4.79 Å². The standard InChI is InChI=1S/C19H29N5O2/c1-4-17-22-18(23-26-17)13-5-7-14-12(9-13)6-8-16(14)21-19(25)15-10-20-24(3)11(15)2/h5,7,9,11,15-18,20,22-23H,4,6,8,10H2,1-3H3,(H,21,25)/t11?,15?,16-,17?,18?/m1/s1. The number of carbonyl (C=O) groups excluding carboxylic acids is 1. The second kappa shape index (κ2) is 7.25. The molecule has 2 aliphatic heterocycles. The van der Waals surface area contributed by atoms with E-state index in [0.29, 0.717) is 6.54 Å². The molecule has 2 heterocycles. The van der Waals surface area contributed by atoms with Crippen molar-refractivity contribution < 1.29 is 9.63 Å². The van der Waals surface area contributed by atoms with Gasteiger partial charge in [-0.3, -0.25) is 20.4 Å². The van der Waals surface area contributed by atoms with Gasteiger partial charge in [0.05, 0.1) is 12.0 Å². The van der Waals surface area contributed by atoms with E-state index in [1.807, 2.05) is 12.1 Å². The lowest BCUT2D eigenvalue weighted by Gasteiger charge is -2.21. The average Bonchev–Trinajstić information content (AvgIpc) is 3.35. The number of hydrogen-bond donors (Lipinski definition) is 4. The average molecular weight is 359 g/mol. The van der Waals surface area contributed by atoms with Crippen LogP contribution in [0, 0.1) is 5.92 Å². The van der Waals surface area contributed by atoms with Gasteiger partial charge in [0.2, 0.25) is 5.91 Å². The minimum absolute atomic E-state index is 0.00154. The van der Waals surface area contributed by atoms with Crippen molar-refractivity contribution >= 4 is 5.91 Å². The molecule has 1 aromatic carbocycles. The van der Waals surface area contributed by atoms with Crippen LogP contribution in [0.15, 0.2) is 18.2 Å². The number of aryl methyl sites for hydroxylation is 1. The Morgan fingerprint density at radius 3 is 2.96 bits per heavy atom. The van der Waals surface area contributed by atoms with Crippen LogP contribution in [-0.2, 0) is 16.1 Å². The van der Waals surface area contributed by atoms with Crippen molar-refractivity contribution in [2.45, 2.75) is 57.6 Å². The predicted octanol–water partition coefficient (Wildman–Crippen LogP) is 1.10. The fourth-order valence-electron chi connectivity index (χ4n) is 4.15. The van der Waals surface area contributed by atoms with E-state index >= 15 is 0 Å². The van der Waals surface area contributed by atoms with E-state index in [0.717, 1.165) is 19.3 Å². The van der Waals surface area contributed by atoms with Gasteiger partial charge in [-0.25, -0.2) is 5.01 Å². The molecule has 2 saturated heterocycles. The molecule has 0 saturated carbocycles. The first kappa shape index (κ1) is 17.9. The molecule has 0 radical (unpaired) electrons. The summed E-state index contributed by atoms with van der Waals surface area (Å²) in [4.78, 5) is 18.2. The Morgan fingerprint density at radius 1 is 1.42 bits per heavy atom. The van der Waals surface area contributed by atoms with E-state index < -0.39 is 0 Å². The van der Waals surface area contributed by atoms with Crippen LogP contribution in [0.25, 0.3) is 0 Å². The smallest absolute Gasteiger partial charge is 0.226 e. The second-order valence-electron chi connectivity index (χ2n) is 7.61. The summed E-state index contributed by atoms with van der Waals surface area (Å²) in [5.74, 6) is 0.146. The number of hydrazine groups is 1. The Labute approximate surface area is 154 Å². The van der Waals surface area contributed by atoms with Crippen molar-refractivity contribution in [3.8, 4) is 0 Å². The van der Waals surface area contributed by atoms with E-state index in [1.165, 1.54) is 16.7 Å². The second-order valence-corrected chi connectivity index (χ2v) is 7.61. The van der Waals surface area contributed by atoms with Gasteiger partial charge in [0, 0.05) is 19.6 Å². The molecule has 5 atom stereocenters. The number of nitrogens with zero attached hydrogens (tertiary/aromatic N) is 1. The molecule has 1 amide bonds. The van der Waals surface area contributed by atoms with Crippen molar-refractivity contribution in [2.24, 2.45) is 5.92 Å². The van der Waals surface area contributed by atoms with Gasteiger partial charge in [-0.1, -0.05) is 25.1 Å². The Kier molecular flexibility index (Phi) is 4.98. The molecule has 2 fully saturated rings. The Morgan fingerprint density at radius 2 is 2.27 bits per heavy atom. The van der Waals surface area contributed by atoms with Gasteiger partial charge in [0.25, 0.3) is 0 Å². The maximum absolute atomic E-state index is 12.7. The quantitative estimate of drug-likeness (QED) is 0.645. The monoisotopic (exact) mass is 359 g/mol. The van der Waals surface area contributed by atoms with E-state index in [4.69, 9.17) is 4.84 Å². The zero-order valence-corrected chi connectivity index (χ0v) is 15.7. The van der Waals surface area contributed by atoms with Crippen LogP contribution in [0.4, 0.5) is 0 Å². The van der Waals surface area contributed by atoms with Gasteiger partial charge in [-0.2, -0.15) is 5.48 Å². The van der Waals surface area contributed by atoms with E-state index in [-0.39, 0.29) is 36.3 Å². The molecule has 4 unspecified atom stereocenters. The molecule has 1 aliphatic carbocycles. The highest BCUT2D eigenvalue weighted by atomic mass is 16.7. The summed E-state index contributed by atoms with van der Waals surface area (Å²) in [6, 6.07) is 6.86. The van der Waals surface area contributed by atoms with Crippen LogP contribution in [0.2, 0.25) is 0 Å². The minimum atomic E-state index is -0.00154. The topological polar surface area (TPSA) is 77.7 Å². The first-order chi connectivity index (χ1) is 12.6. The SMILES string of the molecule is CCC1NC(c2ccc3c(c2)CC[C@H]3NC(=O)C2CNN(C)C2C)NO1. The maximum Gasteiger partial charge on any atom is 0.226 e. The predicted molar refractivity (Wildman–Crippen MR) is 98.5 cm³/mol. The Hall–Kier alpha value is -1.51. The normalized spacial score (nSPS) is 34.2. The molecule has 26 heavy (non-hydrogen) atoms. The largest absolute Gasteiger partial charge is 0.349 e. The van der Waals surface area contributed by atoms with Crippen molar-refractivity contribution in [3.63, 3.8) is 0 Å². The summed E-state index contributed by atoms with van der Waals surface area (Å²) >= 11 is 0. The molecule has 4 rings (SSSR count). The van der Waals surface area contributed by atoms with Crippen molar-refractivity contribution in [1.82, 2.24) is 26.5 Å². The lowest BCUT2D eigenvalue weighted by molar-refractivity contribution is -0.125. The fraction of sp³-hybridized carbons (Fsp3) is 0.632. The first-order valence-corrected chi connectivity index (χ1v) is 9.63. The molecule has 0 aromatic heterocycles. The van der Waals surface area contributed by atoms with Gasteiger partial charge in [-0.15, -0.1) is 0 Å². The first-order valence-electron chi connectivity index (χ1n) is 9.63. The van der Waals surface area contributed by atoms with Crippen LogP contribution < -0.4 is 21.5 Å². The number of amides is 1. The van der Waals surface area contributed by atoms with Crippen LogP contribution in [-0.4, -0.2) is 36.8 Å². The molecule has 0 bridgehead atoms. The molecular formula is C19H29N5O2. The lowest BCUT2D eigenvalue weighted by Crippen LogP contribution is -2.39. The van der Waals surface area contributed by atoms with E-state index in [1.54, 1.807) is 0 Å². The number of fused-ring (bicyclic) bond motifs is 1. The van der Waals surface area contributed by atoms with E-state index in [2.05, 4.69) is 53.6 Å². The third-order valence-electron chi connectivity index (χ3n) is 6.04. The molecule has 3 aliphatic rings. The lowest BCUT2D eigenvalue weighted by atomic mass is 10.00. The van der Waals surface area contributed by atoms with Gasteiger partial charge in [0.15, 0.2) is 0 Å². The highest BCUT2D eigenvalue weighted by Crippen LogP contribution is 2.33. The number of benzene rings is 1. The van der Waals surface area contributed by atoms with Crippen molar-refractivity contribution in [1.29, 1.82) is 0 Å². The van der Waals surface area contributed by atoms with Crippen LogP contribution in [0.5, 0.6) is 0 Å². The third kappa shape index (κ3) is 3.25. The summed E-state index contributed by atoms with van der Waals surface area (Å²) in [7, 11) is 1.99. The summed E-state index contributed by atoms with van der Waals surface area (Å²) in [5, 5.41) is 8.71. The molecule has 7 nitrogen and oxygen atoms in total. The molecule has 0 spiro atoms. The molecule has 1 aromatic rings. The Balaban J connectivity index is 1.43. The van der Waals surface area contributed by atoms with Crippen LogP contribution in [0.3, 0.4) is 0 Å². The summed E-state index contributed by atoms with van der Waals surface area (Å²) in [5.41, 5.74) is 10.1. The highest BCUT2D eigenvalue weighted by Gasteiger charge is 2.35. The summed E-state index contributed by atoms with van der Waals surface area (Å²) < 4.78 is 0. The number of rotatable bonds is 4. The van der Waals surface area contributed by atoms with Gasteiger partial charge < -0.3 is 5.32 Å². The zero-order chi connectivity index (χ0) is 18.3. The van der Waals surface area contributed by atoms with Crippen molar-refractivity contribution in [2.75, 3.05) is 13.6 Å². The van der Waals surface area contributed by atoms with Crippen LogP contribution in [0.1, 0.15) is 55.6 Å². The summed E-state index contributed by atoms with van der Waals surface area (Å²) in [6.07, 6.45) is 2.97. The molecule has 7 heteroatoms. The molecule has 142 valence electrons. The third-order valence-corrected chi connectivity index (χ3v) is 6.04. The number of hydroxylamine groups is 1. The number of carbonyl (C=O) groups is 1. The number of hydrogen-bond acceptors (Lipinski definition) is 6. The molecule has 4 N–H and O–H groups in total. The maximum atomic E-state index is 12.7. The molecular weight excluding hydrogens is 330 g/mol. The highest BCUT2D eigenvalue weighted by molar-refractivity contribution is 5.80. The fourth-order valence-corrected chi connectivity index (χ4v) is 4.15. The number of nitrogens with one attached hydrogen (secondary N) is 4. The minimum Gasteiger partial charge on any atom is -0.349 e. The van der Waals surface area contributed by atoms with Gasteiger partial charge in [-0.05, 0) is 42.9 Å². The van der Waals surface area contributed by atoms with Gasteiger partial charge >= 0.3 is 0 Å². The zero-order valence-electron chi connectivity index (χ0n) is 15.7. The summed E-state index contributed by atoms with van der Waals surface area (Å²) in [6.45, 7) is 4.89. The Bertz CT molecular complexity index is 682. The van der Waals surface area contributed by atoms with Gasteiger partial charge in [0.1, 0.15) is 12.4 Å². The van der Waals surface area contributed by atoms with Crippen LogP contribution >= 0.6 is 0 Å².